The standard InChI is InChI=1S/C16H18N2O3/c1-4-21-14-9-12(7-5-10(14)2)18-16(20)13-8-6-11(3)17-15(13)19/h5-9H,4H2,1-3H3,(H,17,19)(H,18,20). The monoisotopic (exact) mass is 286 g/mol. The second kappa shape index (κ2) is 6.26. The Balaban J connectivity index is 2.23. The molecule has 2 rings (SSSR count). The second-order valence-electron chi connectivity index (χ2n) is 4.75. The molecule has 0 unspecified atom stereocenters. The molecule has 1 amide bonds. The van der Waals surface area contributed by atoms with Crippen molar-refractivity contribution in [1.29, 1.82) is 0 Å². The van der Waals surface area contributed by atoms with Gasteiger partial charge in [-0.25, -0.2) is 0 Å². The van der Waals surface area contributed by atoms with Gasteiger partial charge in [0.25, 0.3) is 11.5 Å². The molecule has 1 heterocycles. The van der Waals surface area contributed by atoms with Gasteiger partial charge in [-0.15, -0.1) is 0 Å². The lowest BCUT2D eigenvalue weighted by Gasteiger charge is -2.10. The lowest BCUT2D eigenvalue weighted by Crippen LogP contribution is -2.23. The van der Waals surface area contributed by atoms with Gasteiger partial charge in [-0.1, -0.05) is 6.07 Å². The molecule has 110 valence electrons. The zero-order chi connectivity index (χ0) is 15.4. The van der Waals surface area contributed by atoms with Crippen molar-refractivity contribution >= 4 is 11.6 Å². The van der Waals surface area contributed by atoms with Crippen LogP contribution in [0.2, 0.25) is 0 Å². The molecule has 0 aliphatic rings. The van der Waals surface area contributed by atoms with Gasteiger partial charge in [-0.3, -0.25) is 9.59 Å². The fourth-order valence-electron chi connectivity index (χ4n) is 1.94. The van der Waals surface area contributed by atoms with E-state index in [0.717, 1.165) is 5.56 Å². The molecule has 2 N–H and O–H groups in total. The van der Waals surface area contributed by atoms with Crippen molar-refractivity contribution in [3.05, 3.63) is 57.5 Å². The van der Waals surface area contributed by atoms with Crippen LogP contribution in [0.25, 0.3) is 0 Å². The molecule has 0 atom stereocenters. The molecule has 0 fully saturated rings. The molecule has 0 saturated carbocycles. The number of pyridine rings is 1. The summed E-state index contributed by atoms with van der Waals surface area (Å²) in [7, 11) is 0. The zero-order valence-electron chi connectivity index (χ0n) is 12.3. The first-order chi connectivity index (χ1) is 10.0. The number of benzene rings is 1. The number of hydrogen-bond acceptors (Lipinski definition) is 3. The second-order valence-corrected chi connectivity index (χ2v) is 4.75. The summed E-state index contributed by atoms with van der Waals surface area (Å²) in [5, 5.41) is 2.71. The van der Waals surface area contributed by atoms with Gasteiger partial charge in [-0.05, 0) is 44.5 Å². The number of nitrogens with one attached hydrogen (secondary N) is 2. The van der Waals surface area contributed by atoms with E-state index in [-0.39, 0.29) is 5.56 Å². The fraction of sp³-hybridized carbons (Fsp3) is 0.250. The summed E-state index contributed by atoms with van der Waals surface area (Å²) in [6.45, 7) is 6.14. The maximum atomic E-state index is 12.1. The molecule has 0 aliphatic heterocycles. The van der Waals surface area contributed by atoms with Crippen molar-refractivity contribution < 1.29 is 9.53 Å². The molecule has 2 aromatic rings. The van der Waals surface area contributed by atoms with Crippen LogP contribution in [0.3, 0.4) is 0 Å². The Morgan fingerprint density at radius 2 is 2.00 bits per heavy atom. The van der Waals surface area contributed by atoms with Gasteiger partial charge in [0.15, 0.2) is 0 Å². The molecular weight excluding hydrogens is 268 g/mol. The minimum absolute atomic E-state index is 0.0825. The van der Waals surface area contributed by atoms with E-state index in [1.165, 1.54) is 6.07 Å². The van der Waals surface area contributed by atoms with E-state index in [0.29, 0.717) is 23.7 Å². The van der Waals surface area contributed by atoms with E-state index >= 15 is 0 Å². The van der Waals surface area contributed by atoms with Gasteiger partial charge < -0.3 is 15.0 Å². The average molecular weight is 286 g/mol. The quantitative estimate of drug-likeness (QED) is 0.907. The molecule has 21 heavy (non-hydrogen) atoms. The van der Waals surface area contributed by atoms with Crippen molar-refractivity contribution in [2.75, 3.05) is 11.9 Å². The molecule has 1 aromatic carbocycles. The summed E-state index contributed by atoms with van der Waals surface area (Å²) in [6.07, 6.45) is 0. The highest BCUT2D eigenvalue weighted by Crippen LogP contribution is 2.22. The normalized spacial score (nSPS) is 10.2. The Labute approximate surface area is 123 Å². The fourth-order valence-corrected chi connectivity index (χ4v) is 1.94. The van der Waals surface area contributed by atoms with Gasteiger partial charge in [0, 0.05) is 17.4 Å². The number of H-pyrrole nitrogens is 1. The maximum Gasteiger partial charge on any atom is 0.261 e. The van der Waals surface area contributed by atoms with Crippen molar-refractivity contribution in [3.8, 4) is 5.75 Å². The summed E-state index contributed by atoms with van der Waals surface area (Å²) in [5.41, 5.74) is 1.98. The largest absolute Gasteiger partial charge is 0.494 e. The van der Waals surface area contributed by atoms with E-state index in [9.17, 15) is 9.59 Å². The third kappa shape index (κ3) is 3.51. The first kappa shape index (κ1) is 14.8. The summed E-state index contributed by atoms with van der Waals surface area (Å²) < 4.78 is 5.48. The minimum Gasteiger partial charge on any atom is -0.494 e. The van der Waals surface area contributed by atoms with Crippen LogP contribution in [0, 0.1) is 13.8 Å². The lowest BCUT2D eigenvalue weighted by atomic mass is 10.2. The number of ether oxygens (including phenoxy) is 1. The number of hydrogen-bond donors (Lipinski definition) is 2. The highest BCUT2D eigenvalue weighted by molar-refractivity contribution is 6.04. The van der Waals surface area contributed by atoms with Crippen LogP contribution >= 0.6 is 0 Å². The lowest BCUT2D eigenvalue weighted by molar-refractivity contribution is 0.102. The van der Waals surface area contributed by atoms with E-state index in [1.54, 1.807) is 25.1 Å². The van der Waals surface area contributed by atoms with E-state index in [2.05, 4.69) is 10.3 Å². The predicted octanol–water partition coefficient (Wildman–Crippen LogP) is 2.64. The first-order valence-electron chi connectivity index (χ1n) is 6.76. The molecule has 0 bridgehead atoms. The van der Waals surface area contributed by atoms with E-state index in [1.807, 2.05) is 19.9 Å². The molecule has 0 saturated heterocycles. The maximum absolute atomic E-state index is 12.1. The van der Waals surface area contributed by atoms with Gasteiger partial charge >= 0.3 is 0 Å². The number of amides is 1. The molecule has 0 spiro atoms. The van der Waals surface area contributed by atoms with Crippen molar-refractivity contribution in [1.82, 2.24) is 4.98 Å². The summed E-state index contributed by atoms with van der Waals surface area (Å²) >= 11 is 0. The Bertz CT molecular complexity index is 720. The van der Waals surface area contributed by atoms with E-state index < -0.39 is 11.5 Å². The summed E-state index contributed by atoms with van der Waals surface area (Å²) in [4.78, 5) is 26.5. The van der Waals surface area contributed by atoms with Crippen molar-refractivity contribution in [2.45, 2.75) is 20.8 Å². The predicted molar refractivity (Wildman–Crippen MR) is 82.1 cm³/mol. The minimum atomic E-state index is -0.442. The average Bonchev–Trinajstić information content (AvgIpc) is 2.42. The number of carbonyl (C=O) groups excluding carboxylic acids is 1. The highest BCUT2D eigenvalue weighted by atomic mass is 16.5. The molecule has 0 radical (unpaired) electrons. The Morgan fingerprint density at radius 3 is 2.67 bits per heavy atom. The molecule has 5 heteroatoms. The number of carbonyl (C=O) groups is 1. The molecule has 5 nitrogen and oxygen atoms in total. The smallest absolute Gasteiger partial charge is 0.261 e. The Morgan fingerprint density at radius 1 is 1.24 bits per heavy atom. The van der Waals surface area contributed by atoms with Crippen LogP contribution in [-0.2, 0) is 0 Å². The number of aromatic amines is 1. The number of aryl methyl sites for hydroxylation is 2. The van der Waals surface area contributed by atoms with Crippen LogP contribution in [0.15, 0.2) is 35.1 Å². The Kier molecular flexibility index (Phi) is 4.42. The third-order valence-electron chi connectivity index (χ3n) is 3.05. The van der Waals surface area contributed by atoms with Gasteiger partial charge in [-0.2, -0.15) is 0 Å². The third-order valence-corrected chi connectivity index (χ3v) is 3.05. The van der Waals surface area contributed by atoms with Crippen LogP contribution < -0.4 is 15.6 Å². The van der Waals surface area contributed by atoms with Gasteiger partial charge in [0.2, 0.25) is 0 Å². The summed E-state index contributed by atoms with van der Waals surface area (Å²) in [6, 6.07) is 8.59. The number of rotatable bonds is 4. The van der Waals surface area contributed by atoms with Crippen LogP contribution in [-0.4, -0.2) is 17.5 Å². The van der Waals surface area contributed by atoms with Crippen LogP contribution in [0.1, 0.15) is 28.5 Å². The van der Waals surface area contributed by atoms with Crippen LogP contribution in [0.5, 0.6) is 5.75 Å². The summed E-state index contributed by atoms with van der Waals surface area (Å²) in [5.74, 6) is 0.274. The molecule has 0 aliphatic carbocycles. The van der Waals surface area contributed by atoms with Gasteiger partial charge in [0.05, 0.1) is 6.61 Å². The van der Waals surface area contributed by atoms with E-state index in [4.69, 9.17) is 4.74 Å². The molecule has 1 aromatic heterocycles. The van der Waals surface area contributed by atoms with Crippen molar-refractivity contribution in [2.24, 2.45) is 0 Å². The highest BCUT2D eigenvalue weighted by Gasteiger charge is 2.11. The zero-order valence-corrected chi connectivity index (χ0v) is 12.3. The number of anilines is 1. The first-order valence-corrected chi connectivity index (χ1v) is 6.76. The van der Waals surface area contributed by atoms with Crippen molar-refractivity contribution in [3.63, 3.8) is 0 Å². The van der Waals surface area contributed by atoms with Gasteiger partial charge in [0.1, 0.15) is 11.3 Å². The number of aromatic nitrogens is 1. The molecular formula is C16H18N2O3. The Hall–Kier alpha value is -2.56. The van der Waals surface area contributed by atoms with Crippen LogP contribution in [0.4, 0.5) is 5.69 Å². The topological polar surface area (TPSA) is 71.2 Å². The SMILES string of the molecule is CCOc1cc(NC(=O)c2ccc(C)[nH]c2=O)ccc1C.